The van der Waals surface area contributed by atoms with Gasteiger partial charge in [-0.25, -0.2) is 8.42 Å². The number of nitrogens with zero attached hydrogens (tertiary/aromatic N) is 3. The van der Waals surface area contributed by atoms with Crippen molar-refractivity contribution in [3.05, 3.63) is 33.8 Å². The van der Waals surface area contributed by atoms with Gasteiger partial charge in [0.1, 0.15) is 11.6 Å². The lowest BCUT2D eigenvalue weighted by Crippen LogP contribution is -2.42. The fourth-order valence-corrected chi connectivity index (χ4v) is 5.76. The molecule has 1 aromatic carbocycles. The Labute approximate surface area is 152 Å². The standard InChI is InChI=1S/C17H23N3O3S2/c1-11-9-12(2)14(4)16(13(11)3)25(21,22)20-7-5-15(6-8-20)23-17-19-18-10-24-17/h9-10,15H,5-8H2,1-4H3. The van der Waals surface area contributed by atoms with E-state index in [4.69, 9.17) is 4.74 Å². The molecule has 136 valence electrons. The van der Waals surface area contributed by atoms with Crippen LogP contribution in [0, 0.1) is 27.7 Å². The van der Waals surface area contributed by atoms with Gasteiger partial charge < -0.3 is 4.74 Å². The Morgan fingerprint density at radius 1 is 1.12 bits per heavy atom. The van der Waals surface area contributed by atoms with Crippen LogP contribution >= 0.6 is 11.3 Å². The minimum absolute atomic E-state index is 0.0131. The molecule has 0 amide bonds. The number of sulfonamides is 1. The van der Waals surface area contributed by atoms with Crippen molar-refractivity contribution in [3.8, 4) is 5.19 Å². The summed E-state index contributed by atoms with van der Waals surface area (Å²) in [6.45, 7) is 8.61. The molecule has 25 heavy (non-hydrogen) atoms. The van der Waals surface area contributed by atoms with E-state index in [2.05, 4.69) is 10.2 Å². The summed E-state index contributed by atoms with van der Waals surface area (Å²) in [6.07, 6.45) is 1.30. The van der Waals surface area contributed by atoms with Crippen molar-refractivity contribution in [2.45, 2.75) is 51.5 Å². The van der Waals surface area contributed by atoms with Gasteiger partial charge in [-0.1, -0.05) is 17.4 Å². The molecule has 1 fully saturated rings. The first kappa shape index (κ1) is 18.3. The smallest absolute Gasteiger partial charge is 0.294 e. The van der Waals surface area contributed by atoms with E-state index < -0.39 is 10.0 Å². The van der Waals surface area contributed by atoms with E-state index in [1.807, 2.05) is 33.8 Å². The molecule has 1 aliphatic heterocycles. The number of hydrogen-bond acceptors (Lipinski definition) is 6. The van der Waals surface area contributed by atoms with Gasteiger partial charge in [-0.3, -0.25) is 0 Å². The number of ether oxygens (including phenoxy) is 1. The SMILES string of the molecule is Cc1cc(C)c(C)c(S(=O)(=O)N2CCC(Oc3nncs3)CC2)c1C. The maximum absolute atomic E-state index is 13.2. The van der Waals surface area contributed by atoms with E-state index >= 15 is 0 Å². The summed E-state index contributed by atoms with van der Waals surface area (Å²) in [6, 6.07) is 2.05. The van der Waals surface area contributed by atoms with Gasteiger partial charge in [-0.2, -0.15) is 4.31 Å². The molecule has 1 saturated heterocycles. The molecule has 0 N–H and O–H groups in total. The molecule has 1 aromatic heterocycles. The molecule has 0 atom stereocenters. The van der Waals surface area contributed by atoms with E-state index in [1.54, 1.807) is 9.82 Å². The third-order valence-electron chi connectivity index (χ3n) is 4.90. The molecular weight excluding hydrogens is 358 g/mol. The molecule has 0 unspecified atom stereocenters. The predicted molar refractivity (Wildman–Crippen MR) is 97.7 cm³/mol. The van der Waals surface area contributed by atoms with Gasteiger partial charge in [-0.05, 0) is 62.8 Å². The Balaban J connectivity index is 1.79. The van der Waals surface area contributed by atoms with Crippen molar-refractivity contribution in [3.63, 3.8) is 0 Å². The van der Waals surface area contributed by atoms with Crippen LogP contribution in [0.15, 0.2) is 16.5 Å². The Kier molecular flexibility index (Phi) is 5.13. The average molecular weight is 382 g/mol. The number of rotatable bonds is 4. The number of benzene rings is 1. The monoisotopic (exact) mass is 381 g/mol. The molecule has 2 aromatic rings. The second-order valence-electron chi connectivity index (χ2n) is 6.52. The topological polar surface area (TPSA) is 72.4 Å². The predicted octanol–water partition coefficient (Wildman–Crippen LogP) is 3.00. The molecule has 2 heterocycles. The highest BCUT2D eigenvalue weighted by molar-refractivity contribution is 7.89. The summed E-state index contributed by atoms with van der Waals surface area (Å²) in [5.74, 6) is 0. The van der Waals surface area contributed by atoms with Crippen LogP contribution in [0.25, 0.3) is 0 Å². The second-order valence-corrected chi connectivity index (χ2v) is 9.19. The van der Waals surface area contributed by atoms with Crippen LogP contribution in [0.3, 0.4) is 0 Å². The van der Waals surface area contributed by atoms with Crippen LogP contribution < -0.4 is 4.74 Å². The summed E-state index contributed by atoms with van der Waals surface area (Å²) >= 11 is 1.35. The first-order valence-corrected chi connectivity index (χ1v) is 10.6. The van der Waals surface area contributed by atoms with Crippen LogP contribution in [0.1, 0.15) is 35.1 Å². The molecule has 0 saturated carbocycles. The van der Waals surface area contributed by atoms with Crippen LogP contribution in [0.2, 0.25) is 0 Å². The van der Waals surface area contributed by atoms with E-state index in [-0.39, 0.29) is 6.10 Å². The summed E-state index contributed by atoms with van der Waals surface area (Å²) in [4.78, 5) is 0.466. The van der Waals surface area contributed by atoms with E-state index in [9.17, 15) is 8.42 Å². The van der Waals surface area contributed by atoms with Gasteiger partial charge in [0.15, 0.2) is 0 Å². The summed E-state index contributed by atoms with van der Waals surface area (Å²) in [7, 11) is -3.50. The Morgan fingerprint density at radius 2 is 1.72 bits per heavy atom. The molecule has 1 aliphatic rings. The van der Waals surface area contributed by atoms with Crippen molar-refractivity contribution < 1.29 is 13.2 Å². The van der Waals surface area contributed by atoms with Crippen molar-refractivity contribution in [2.75, 3.05) is 13.1 Å². The third kappa shape index (κ3) is 3.56. The van der Waals surface area contributed by atoms with Crippen LogP contribution in [-0.4, -0.2) is 42.1 Å². The largest absolute Gasteiger partial charge is 0.466 e. The molecule has 0 bridgehead atoms. The molecule has 8 heteroatoms. The first-order valence-electron chi connectivity index (χ1n) is 8.31. The lowest BCUT2D eigenvalue weighted by molar-refractivity contribution is 0.134. The summed E-state index contributed by atoms with van der Waals surface area (Å²) in [5.41, 5.74) is 5.33. The zero-order chi connectivity index (χ0) is 18.2. The normalized spacial score (nSPS) is 17.0. The number of aromatic nitrogens is 2. The van der Waals surface area contributed by atoms with Gasteiger partial charge in [0.2, 0.25) is 10.0 Å². The molecular formula is C17H23N3O3S2. The highest BCUT2D eigenvalue weighted by Crippen LogP contribution is 2.30. The van der Waals surface area contributed by atoms with Gasteiger partial charge in [0.05, 0.1) is 4.90 Å². The minimum Gasteiger partial charge on any atom is -0.466 e. The maximum Gasteiger partial charge on any atom is 0.294 e. The maximum atomic E-state index is 13.2. The number of aryl methyl sites for hydroxylation is 2. The average Bonchev–Trinajstić information content (AvgIpc) is 3.06. The van der Waals surface area contributed by atoms with Gasteiger partial charge >= 0.3 is 0 Å². The lowest BCUT2D eigenvalue weighted by atomic mass is 10.0. The van der Waals surface area contributed by atoms with E-state index in [1.165, 1.54) is 11.3 Å². The van der Waals surface area contributed by atoms with Gasteiger partial charge in [0, 0.05) is 13.1 Å². The van der Waals surface area contributed by atoms with Gasteiger partial charge in [-0.15, -0.1) is 10.2 Å². The van der Waals surface area contributed by atoms with E-state index in [0.717, 1.165) is 22.3 Å². The molecule has 3 rings (SSSR count). The fourth-order valence-electron chi connectivity index (χ4n) is 3.24. The zero-order valence-electron chi connectivity index (χ0n) is 14.9. The number of piperidine rings is 1. The highest BCUT2D eigenvalue weighted by atomic mass is 32.2. The number of hydrogen-bond donors (Lipinski definition) is 0. The van der Waals surface area contributed by atoms with Crippen LogP contribution in [0.4, 0.5) is 0 Å². The second kappa shape index (κ2) is 7.01. The molecule has 0 spiro atoms. The Morgan fingerprint density at radius 3 is 2.24 bits per heavy atom. The summed E-state index contributed by atoms with van der Waals surface area (Å²) < 4.78 is 33.8. The van der Waals surface area contributed by atoms with Crippen molar-refractivity contribution >= 4 is 21.4 Å². The van der Waals surface area contributed by atoms with Crippen LogP contribution in [0.5, 0.6) is 5.19 Å². The van der Waals surface area contributed by atoms with Crippen molar-refractivity contribution in [2.24, 2.45) is 0 Å². The van der Waals surface area contributed by atoms with Gasteiger partial charge in [0.25, 0.3) is 5.19 Å². The first-order chi connectivity index (χ1) is 11.8. The quantitative estimate of drug-likeness (QED) is 0.814. The minimum atomic E-state index is -3.50. The highest BCUT2D eigenvalue weighted by Gasteiger charge is 2.33. The summed E-state index contributed by atoms with van der Waals surface area (Å²) in [5, 5.41) is 8.18. The lowest BCUT2D eigenvalue weighted by Gasteiger charge is -2.32. The Bertz CT molecular complexity index is 830. The zero-order valence-corrected chi connectivity index (χ0v) is 16.6. The molecule has 0 aliphatic carbocycles. The fraction of sp³-hybridized carbons (Fsp3) is 0.529. The molecule has 0 radical (unpaired) electrons. The Hall–Kier alpha value is -1.51. The van der Waals surface area contributed by atoms with E-state index in [0.29, 0.717) is 36.0 Å². The van der Waals surface area contributed by atoms with Crippen LogP contribution in [-0.2, 0) is 10.0 Å². The molecule has 6 nitrogen and oxygen atoms in total. The van der Waals surface area contributed by atoms with Crippen molar-refractivity contribution in [1.82, 2.24) is 14.5 Å². The third-order valence-corrected chi connectivity index (χ3v) is 7.66. The van der Waals surface area contributed by atoms with Crippen molar-refractivity contribution in [1.29, 1.82) is 0 Å².